The number of nitrogens with zero attached hydrogens (tertiary/aromatic N) is 2. The third-order valence-corrected chi connectivity index (χ3v) is 3.21. The number of hydrogen-bond acceptors (Lipinski definition) is 4. The van der Waals surface area contributed by atoms with Crippen LogP contribution in [0.5, 0.6) is 0 Å². The van der Waals surface area contributed by atoms with Crippen LogP contribution in [0.3, 0.4) is 0 Å². The molecule has 2 rings (SSSR count). The lowest BCUT2D eigenvalue weighted by Gasteiger charge is -2.12. The Morgan fingerprint density at radius 3 is 2.61 bits per heavy atom. The highest BCUT2D eigenvalue weighted by Crippen LogP contribution is 2.29. The van der Waals surface area contributed by atoms with E-state index in [2.05, 4.69) is 15.3 Å². The highest BCUT2D eigenvalue weighted by Gasteiger charge is 2.10. The zero-order valence-electron chi connectivity index (χ0n) is 9.96. The zero-order chi connectivity index (χ0) is 13.3. The fourth-order valence-electron chi connectivity index (χ4n) is 1.51. The SMILES string of the molecule is Cc1nc(Cl)nc(Nc2cccc(Cl)c2C)c1N. The smallest absolute Gasteiger partial charge is 0.224 e. The molecule has 4 nitrogen and oxygen atoms in total. The third-order valence-electron chi connectivity index (χ3n) is 2.63. The van der Waals surface area contributed by atoms with Gasteiger partial charge in [-0.05, 0) is 43.1 Å². The van der Waals surface area contributed by atoms with E-state index >= 15 is 0 Å². The molecule has 0 radical (unpaired) electrons. The minimum atomic E-state index is 0.156. The summed E-state index contributed by atoms with van der Waals surface area (Å²) in [5.41, 5.74) is 8.77. The zero-order valence-corrected chi connectivity index (χ0v) is 11.5. The van der Waals surface area contributed by atoms with Gasteiger partial charge in [0, 0.05) is 10.7 Å². The molecular formula is C12H12Cl2N4. The van der Waals surface area contributed by atoms with Crippen molar-refractivity contribution >= 4 is 40.4 Å². The standard InChI is InChI=1S/C12H12Cl2N4/c1-6-8(13)4-3-5-9(6)17-11-10(15)7(2)16-12(14)18-11/h3-5H,15H2,1-2H3,(H,16,17,18). The summed E-state index contributed by atoms with van der Waals surface area (Å²) < 4.78 is 0. The summed E-state index contributed by atoms with van der Waals surface area (Å²) in [5, 5.41) is 3.95. The van der Waals surface area contributed by atoms with Crippen LogP contribution in [0.15, 0.2) is 18.2 Å². The van der Waals surface area contributed by atoms with Crippen LogP contribution in [0.4, 0.5) is 17.2 Å². The number of benzene rings is 1. The van der Waals surface area contributed by atoms with Crippen molar-refractivity contribution in [3.05, 3.63) is 39.8 Å². The van der Waals surface area contributed by atoms with E-state index in [0.717, 1.165) is 11.3 Å². The van der Waals surface area contributed by atoms with Crippen molar-refractivity contribution in [2.75, 3.05) is 11.1 Å². The minimum absolute atomic E-state index is 0.156. The quantitative estimate of drug-likeness (QED) is 0.824. The molecule has 18 heavy (non-hydrogen) atoms. The van der Waals surface area contributed by atoms with Crippen LogP contribution in [-0.2, 0) is 0 Å². The van der Waals surface area contributed by atoms with Gasteiger partial charge in [-0.2, -0.15) is 4.98 Å². The number of rotatable bonds is 2. The van der Waals surface area contributed by atoms with E-state index in [1.165, 1.54) is 0 Å². The first kappa shape index (κ1) is 12.9. The summed E-state index contributed by atoms with van der Waals surface area (Å²) >= 11 is 11.9. The van der Waals surface area contributed by atoms with Gasteiger partial charge in [0.25, 0.3) is 0 Å². The second-order valence-corrected chi connectivity index (χ2v) is 4.62. The fraction of sp³-hybridized carbons (Fsp3) is 0.167. The maximum absolute atomic E-state index is 6.05. The predicted octanol–water partition coefficient (Wildman–Crippen LogP) is 3.73. The van der Waals surface area contributed by atoms with Gasteiger partial charge >= 0.3 is 0 Å². The first-order chi connectivity index (χ1) is 8.49. The summed E-state index contributed by atoms with van der Waals surface area (Å²) in [6, 6.07) is 5.57. The Kier molecular flexibility index (Phi) is 3.59. The van der Waals surface area contributed by atoms with Gasteiger partial charge < -0.3 is 11.1 Å². The molecule has 0 saturated heterocycles. The van der Waals surface area contributed by atoms with Crippen molar-refractivity contribution < 1.29 is 0 Å². The van der Waals surface area contributed by atoms with Crippen LogP contribution in [0, 0.1) is 13.8 Å². The molecule has 0 spiro atoms. The number of nitrogens with one attached hydrogen (secondary N) is 1. The summed E-state index contributed by atoms with van der Waals surface area (Å²) in [7, 11) is 0. The molecule has 0 unspecified atom stereocenters. The van der Waals surface area contributed by atoms with Gasteiger partial charge in [0.2, 0.25) is 5.28 Å². The molecule has 1 aromatic carbocycles. The molecule has 94 valence electrons. The Morgan fingerprint density at radius 1 is 1.17 bits per heavy atom. The second kappa shape index (κ2) is 5.00. The third kappa shape index (κ3) is 2.49. The molecule has 0 saturated carbocycles. The molecule has 0 atom stereocenters. The molecule has 0 aliphatic rings. The number of aromatic nitrogens is 2. The average Bonchev–Trinajstić information content (AvgIpc) is 2.31. The number of hydrogen-bond donors (Lipinski definition) is 2. The van der Waals surface area contributed by atoms with Crippen molar-refractivity contribution in [2.24, 2.45) is 0 Å². The van der Waals surface area contributed by atoms with E-state index in [1.807, 2.05) is 25.1 Å². The normalized spacial score (nSPS) is 10.4. The molecule has 0 fully saturated rings. The van der Waals surface area contributed by atoms with Gasteiger partial charge in [-0.25, -0.2) is 4.98 Å². The summed E-state index contributed by atoms with van der Waals surface area (Å²) in [6.07, 6.45) is 0. The van der Waals surface area contributed by atoms with E-state index in [1.54, 1.807) is 6.92 Å². The summed E-state index contributed by atoms with van der Waals surface area (Å²) in [6.45, 7) is 3.69. The van der Waals surface area contributed by atoms with E-state index < -0.39 is 0 Å². The van der Waals surface area contributed by atoms with Crippen molar-refractivity contribution in [1.82, 2.24) is 9.97 Å². The lowest BCUT2D eigenvalue weighted by atomic mass is 10.2. The molecule has 0 aliphatic heterocycles. The molecular weight excluding hydrogens is 271 g/mol. The Bertz CT molecular complexity index is 599. The maximum atomic E-state index is 6.05. The number of anilines is 3. The number of nitrogen functional groups attached to an aromatic ring is 1. The number of nitrogens with two attached hydrogens (primary N) is 1. The monoisotopic (exact) mass is 282 g/mol. The molecule has 3 N–H and O–H groups in total. The van der Waals surface area contributed by atoms with Crippen LogP contribution in [0.1, 0.15) is 11.3 Å². The number of halogens is 2. The largest absolute Gasteiger partial charge is 0.394 e. The van der Waals surface area contributed by atoms with Crippen LogP contribution >= 0.6 is 23.2 Å². The Hall–Kier alpha value is -1.52. The first-order valence-electron chi connectivity index (χ1n) is 5.31. The van der Waals surface area contributed by atoms with Gasteiger partial charge in [0.05, 0.1) is 11.4 Å². The molecule has 2 aromatic rings. The van der Waals surface area contributed by atoms with Gasteiger partial charge in [0.1, 0.15) is 0 Å². The molecule has 6 heteroatoms. The number of aryl methyl sites for hydroxylation is 1. The molecule has 0 amide bonds. The second-order valence-electron chi connectivity index (χ2n) is 3.88. The van der Waals surface area contributed by atoms with E-state index in [9.17, 15) is 0 Å². The van der Waals surface area contributed by atoms with Crippen LogP contribution in [0.25, 0.3) is 0 Å². The van der Waals surface area contributed by atoms with E-state index in [-0.39, 0.29) is 5.28 Å². The first-order valence-corrected chi connectivity index (χ1v) is 6.06. The van der Waals surface area contributed by atoms with E-state index in [4.69, 9.17) is 28.9 Å². The minimum Gasteiger partial charge on any atom is -0.394 e. The summed E-state index contributed by atoms with van der Waals surface area (Å²) in [5.74, 6) is 0.484. The van der Waals surface area contributed by atoms with Crippen LogP contribution < -0.4 is 11.1 Å². The van der Waals surface area contributed by atoms with Crippen molar-refractivity contribution in [2.45, 2.75) is 13.8 Å². The van der Waals surface area contributed by atoms with Gasteiger partial charge in [-0.3, -0.25) is 0 Å². The van der Waals surface area contributed by atoms with Crippen LogP contribution in [0.2, 0.25) is 10.3 Å². The summed E-state index contributed by atoms with van der Waals surface area (Å²) in [4.78, 5) is 8.05. The Morgan fingerprint density at radius 2 is 1.89 bits per heavy atom. The topological polar surface area (TPSA) is 63.8 Å². The fourth-order valence-corrected chi connectivity index (χ4v) is 1.90. The van der Waals surface area contributed by atoms with Gasteiger partial charge in [-0.15, -0.1) is 0 Å². The van der Waals surface area contributed by atoms with Crippen LogP contribution in [-0.4, -0.2) is 9.97 Å². The van der Waals surface area contributed by atoms with Gasteiger partial charge in [-0.1, -0.05) is 17.7 Å². The molecule has 0 aliphatic carbocycles. The van der Waals surface area contributed by atoms with Gasteiger partial charge in [0.15, 0.2) is 5.82 Å². The van der Waals surface area contributed by atoms with E-state index in [0.29, 0.717) is 22.2 Å². The van der Waals surface area contributed by atoms with Crippen molar-refractivity contribution in [3.8, 4) is 0 Å². The van der Waals surface area contributed by atoms with Crippen molar-refractivity contribution in [1.29, 1.82) is 0 Å². The molecule has 0 bridgehead atoms. The lowest BCUT2D eigenvalue weighted by Crippen LogP contribution is -2.04. The Balaban J connectivity index is 2.43. The maximum Gasteiger partial charge on any atom is 0.224 e. The Labute approximate surface area is 115 Å². The average molecular weight is 283 g/mol. The molecule has 1 aromatic heterocycles. The highest BCUT2D eigenvalue weighted by molar-refractivity contribution is 6.31. The highest BCUT2D eigenvalue weighted by atomic mass is 35.5. The predicted molar refractivity (Wildman–Crippen MR) is 75.7 cm³/mol. The van der Waals surface area contributed by atoms with Crippen molar-refractivity contribution in [3.63, 3.8) is 0 Å². The molecule has 1 heterocycles. The lowest BCUT2D eigenvalue weighted by molar-refractivity contribution is 1.11.